The van der Waals surface area contributed by atoms with Crippen LogP contribution >= 0.6 is 27.5 Å². The molecule has 0 saturated heterocycles. The van der Waals surface area contributed by atoms with Gasteiger partial charge in [-0.2, -0.15) is 0 Å². The van der Waals surface area contributed by atoms with Crippen molar-refractivity contribution in [2.45, 2.75) is 69.0 Å². The topological polar surface area (TPSA) is 86.8 Å². The molecule has 0 radical (unpaired) electrons. The van der Waals surface area contributed by atoms with Crippen LogP contribution in [-0.2, 0) is 32.6 Å². The van der Waals surface area contributed by atoms with Crippen molar-refractivity contribution in [2.24, 2.45) is 0 Å². The minimum atomic E-state index is -4.24. The molecule has 2 amide bonds. The van der Waals surface area contributed by atoms with Crippen molar-refractivity contribution in [3.63, 3.8) is 0 Å². The Morgan fingerprint density at radius 3 is 2.21 bits per heavy atom. The van der Waals surface area contributed by atoms with E-state index in [-0.39, 0.29) is 40.5 Å². The number of anilines is 1. The molecule has 10 heteroatoms. The maximum Gasteiger partial charge on any atom is 0.264 e. The summed E-state index contributed by atoms with van der Waals surface area (Å²) in [7, 11) is -4.24. The molecule has 0 spiro atoms. The zero-order chi connectivity index (χ0) is 33.4. The van der Waals surface area contributed by atoms with Crippen LogP contribution in [0.15, 0.2) is 112 Å². The van der Waals surface area contributed by atoms with Gasteiger partial charge >= 0.3 is 0 Å². The molecule has 0 aromatic heterocycles. The van der Waals surface area contributed by atoms with Gasteiger partial charge in [-0.25, -0.2) is 8.42 Å². The summed E-state index contributed by atoms with van der Waals surface area (Å²) in [5.41, 5.74) is 2.76. The summed E-state index contributed by atoms with van der Waals surface area (Å²) < 4.78 is 30.3. The fourth-order valence-corrected chi connectivity index (χ4v) is 8.10. The zero-order valence-electron chi connectivity index (χ0n) is 26.3. The maximum atomic E-state index is 14.7. The number of benzene rings is 4. The fraction of sp³-hybridized carbons (Fsp3) is 0.297. The third-order valence-corrected chi connectivity index (χ3v) is 11.1. The minimum absolute atomic E-state index is 0.0267. The van der Waals surface area contributed by atoms with Gasteiger partial charge in [-0.3, -0.25) is 13.9 Å². The van der Waals surface area contributed by atoms with Crippen LogP contribution in [0.1, 0.15) is 48.8 Å². The van der Waals surface area contributed by atoms with Crippen molar-refractivity contribution in [3.8, 4) is 0 Å². The van der Waals surface area contributed by atoms with Crippen LogP contribution in [0.4, 0.5) is 5.69 Å². The lowest BCUT2D eigenvalue weighted by atomic mass is 9.94. The molecule has 1 fully saturated rings. The van der Waals surface area contributed by atoms with Crippen molar-refractivity contribution < 1.29 is 18.0 Å². The highest BCUT2D eigenvalue weighted by Gasteiger charge is 2.36. The van der Waals surface area contributed by atoms with E-state index in [1.165, 1.54) is 17.0 Å². The van der Waals surface area contributed by atoms with Gasteiger partial charge in [-0.15, -0.1) is 0 Å². The van der Waals surface area contributed by atoms with Crippen LogP contribution in [0.3, 0.4) is 0 Å². The molecule has 1 unspecified atom stereocenters. The van der Waals surface area contributed by atoms with Gasteiger partial charge in [0.05, 0.1) is 15.6 Å². The largest absolute Gasteiger partial charge is 0.352 e. The summed E-state index contributed by atoms with van der Waals surface area (Å²) >= 11 is 10.1. The Hall–Kier alpha value is -3.66. The Kier molecular flexibility index (Phi) is 11.8. The summed E-state index contributed by atoms with van der Waals surface area (Å²) in [6.45, 7) is 1.40. The fourth-order valence-electron chi connectivity index (χ4n) is 5.94. The third kappa shape index (κ3) is 9.03. The molecule has 1 saturated carbocycles. The molecule has 4 aromatic carbocycles. The average molecular weight is 737 g/mol. The Labute approximate surface area is 291 Å². The predicted octanol–water partition coefficient (Wildman–Crippen LogP) is 7.70. The Morgan fingerprint density at radius 2 is 1.53 bits per heavy atom. The van der Waals surface area contributed by atoms with Crippen LogP contribution in [0, 0.1) is 6.92 Å². The summed E-state index contributed by atoms with van der Waals surface area (Å²) in [6, 6.07) is 29.3. The van der Waals surface area contributed by atoms with Gasteiger partial charge in [0, 0.05) is 23.5 Å². The summed E-state index contributed by atoms with van der Waals surface area (Å²) in [4.78, 5) is 30.4. The van der Waals surface area contributed by atoms with Crippen molar-refractivity contribution in [1.82, 2.24) is 10.2 Å². The van der Waals surface area contributed by atoms with E-state index in [4.69, 9.17) is 11.6 Å². The molecular weight excluding hydrogens is 698 g/mol. The number of hydrogen-bond donors (Lipinski definition) is 1. The number of halogens is 2. The van der Waals surface area contributed by atoms with Crippen LogP contribution in [0.2, 0.25) is 5.02 Å². The zero-order valence-corrected chi connectivity index (χ0v) is 29.5. The van der Waals surface area contributed by atoms with E-state index in [2.05, 4.69) is 21.2 Å². The lowest BCUT2D eigenvalue weighted by Gasteiger charge is -2.35. The Balaban J connectivity index is 1.57. The monoisotopic (exact) mass is 735 g/mol. The second-order valence-corrected chi connectivity index (χ2v) is 15.2. The standard InChI is InChI=1S/C37H39BrClN3O4S/c1-27-19-21-32(22-20-27)47(45,46)42(34-18-9-8-17-33(34)39)26-36(43)41(25-29-13-10-14-30(38)23-29)35(24-28-11-4-2-5-12-28)37(44)40-31-15-6-3-7-16-31/h2,4-5,8-14,17-23,31,35H,3,6-7,15-16,24-26H2,1H3,(H,40,44). The van der Waals surface area contributed by atoms with Crippen LogP contribution < -0.4 is 9.62 Å². The highest BCUT2D eigenvalue weighted by molar-refractivity contribution is 9.10. The summed E-state index contributed by atoms with van der Waals surface area (Å²) in [6.07, 6.45) is 5.25. The summed E-state index contributed by atoms with van der Waals surface area (Å²) in [5, 5.41) is 3.42. The van der Waals surface area contributed by atoms with E-state index in [1.807, 2.05) is 61.5 Å². The van der Waals surface area contributed by atoms with E-state index < -0.39 is 28.5 Å². The van der Waals surface area contributed by atoms with Crippen LogP contribution in [0.5, 0.6) is 0 Å². The van der Waals surface area contributed by atoms with Crippen molar-refractivity contribution in [1.29, 1.82) is 0 Å². The first-order valence-corrected chi connectivity index (χ1v) is 18.4. The Bertz CT molecular complexity index is 1780. The van der Waals surface area contributed by atoms with Gasteiger partial charge < -0.3 is 10.2 Å². The number of nitrogens with zero attached hydrogens (tertiary/aromatic N) is 2. The van der Waals surface area contributed by atoms with Gasteiger partial charge in [0.15, 0.2) is 0 Å². The molecule has 0 aliphatic heterocycles. The van der Waals surface area contributed by atoms with Gasteiger partial charge in [0.25, 0.3) is 10.0 Å². The van der Waals surface area contributed by atoms with Crippen molar-refractivity contribution >= 4 is 55.1 Å². The molecule has 1 N–H and O–H groups in total. The number of para-hydroxylation sites is 1. The molecule has 47 heavy (non-hydrogen) atoms. The number of hydrogen-bond acceptors (Lipinski definition) is 4. The van der Waals surface area contributed by atoms with E-state index in [0.717, 1.165) is 57.6 Å². The SMILES string of the molecule is Cc1ccc(S(=O)(=O)N(CC(=O)N(Cc2cccc(Br)c2)C(Cc2ccccc2)C(=O)NC2CCCCC2)c2ccccc2Cl)cc1. The number of carbonyl (C=O) groups is 2. The second kappa shape index (κ2) is 16.0. The molecule has 1 aliphatic carbocycles. The van der Waals surface area contributed by atoms with E-state index in [0.29, 0.717) is 0 Å². The molecule has 5 rings (SSSR count). The van der Waals surface area contributed by atoms with E-state index in [1.54, 1.807) is 36.4 Å². The number of nitrogens with one attached hydrogen (secondary N) is 1. The minimum Gasteiger partial charge on any atom is -0.352 e. The molecule has 1 aliphatic rings. The smallest absolute Gasteiger partial charge is 0.264 e. The third-order valence-electron chi connectivity index (χ3n) is 8.47. The molecule has 0 heterocycles. The number of sulfonamides is 1. The van der Waals surface area contributed by atoms with Crippen molar-refractivity contribution in [2.75, 3.05) is 10.8 Å². The predicted molar refractivity (Wildman–Crippen MR) is 191 cm³/mol. The van der Waals surface area contributed by atoms with Gasteiger partial charge in [0.2, 0.25) is 11.8 Å². The molecule has 246 valence electrons. The molecular formula is C37H39BrClN3O4S. The first-order valence-electron chi connectivity index (χ1n) is 15.8. The lowest BCUT2D eigenvalue weighted by Crippen LogP contribution is -2.55. The Morgan fingerprint density at radius 1 is 0.872 bits per heavy atom. The van der Waals surface area contributed by atoms with Gasteiger partial charge in [0.1, 0.15) is 12.6 Å². The number of aryl methyl sites for hydroxylation is 1. The quantitative estimate of drug-likeness (QED) is 0.162. The molecule has 0 bridgehead atoms. The first kappa shape index (κ1) is 34.7. The normalized spacial score (nSPS) is 14.3. The molecule has 7 nitrogen and oxygen atoms in total. The molecule has 4 aromatic rings. The maximum absolute atomic E-state index is 14.7. The summed E-state index contributed by atoms with van der Waals surface area (Å²) in [5.74, 6) is -0.782. The van der Waals surface area contributed by atoms with E-state index in [9.17, 15) is 18.0 Å². The number of rotatable bonds is 12. The average Bonchev–Trinajstić information content (AvgIpc) is 3.06. The van der Waals surface area contributed by atoms with Crippen molar-refractivity contribution in [3.05, 3.63) is 129 Å². The highest BCUT2D eigenvalue weighted by atomic mass is 79.9. The van der Waals surface area contributed by atoms with Gasteiger partial charge in [-0.05, 0) is 67.3 Å². The van der Waals surface area contributed by atoms with Gasteiger partial charge in [-0.1, -0.05) is 119 Å². The van der Waals surface area contributed by atoms with Crippen LogP contribution in [0.25, 0.3) is 0 Å². The lowest BCUT2D eigenvalue weighted by molar-refractivity contribution is -0.140. The van der Waals surface area contributed by atoms with E-state index >= 15 is 0 Å². The van der Waals surface area contributed by atoms with Crippen LogP contribution in [-0.4, -0.2) is 43.8 Å². The number of amides is 2. The molecule has 1 atom stereocenters. The highest BCUT2D eigenvalue weighted by Crippen LogP contribution is 2.31. The first-order chi connectivity index (χ1) is 22.6. The number of carbonyl (C=O) groups excluding carboxylic acids is 2. The second-order valence-electron chi connectivity index (χ2n) is 12.0.